The van der Waals surface area contributed by atoms with Gasteiger partial charge in [0.25, 0.3) is 0 Å². The molecule has 0 nitrogen and oxygen atoms in total. The van der Waals surface area contributed by atoms with E-state index in [0.717, 1.165) is 0 Å². The van der Waals surface area contributed by atoms with E-state index in [1.165, 1.54) is 19.3 Å². The second-order valence-electron chi connectivity index (χ2n) is 3.97. The number of rotatable bonds is 2. The van der Waals surface area contributed by atoms with Gasteiger partial charge in [0.2, 0.25) is 0 Å². The van der Waals surface area contributed by atoms with Crippen LogP contribution in [0.2, 0.25) is 0 Å². The summed E-state index contributed by atoms with van der Waals surface area (Å²) >= 11 is 0. The molecule has 0 aromatic heterocycles. The van der Waals surface area contributed by atoms with Gasteiger partial charge in [0.05, 0.1) is 0 Å². The maximum atomic E-state index is 2.34. The van der Waals surface area contributed by atoms with Gasteiger partial charge in [-0.25, -0.2) is 0 Å². The molecule has 0 heteroatoms. The smallest absolute Gasteiger partial charge is 0.0147 e. The van der Waals surface area contributed by atoms with Crippen molar-refractivity contribution in [1.82, 2.24) is 0 Å². The summed E-state index contributed by atoms with van der Waals surface area (Å²) in [6.07, 6.45) is 4.01. The summed E-state index contributed by atoms with van der Waals surface area (Å²) in [5.41, 5.74) is 3.83. The van der Waals surface area contributed by atoms with Crippen LogP contribution in [-0.2, 0) is 0 Å². The Labute approximate surface area is 64.3 Å². The highest BCUT2D eigenvalue weighted by Crippen LogP contribution is 2.41. The quantitative estimate of drug-likeness (QED) is 0.512. The van der Waals surface area contributed by atoms with E-state index in [1.807, 2.05) is 0 Å². The van der Waals surface area contributed by atoms with Gasteiger partial charge in [-0.3, -0.25) is 0 Å². The minimum absolute atomic E-state index is 0.464. The maximum absolute atomic E-state index is 2.34. The summed E-state index contributed by atoms with van der Waals surface area (Å²) in [6.45, 7) is 9.25. The second kappa shape index (κ2) is 2.41. The number of hydrogen-bond acceptors (Lipinski definition) is 0. The summed E-state index contributed by atoms with van der Waals surface area (Å²) in [6, 6.07) is 0. The molecule has 0 aliphatic heterocycles. The van der Waals surface area contributed by atoms with Crippen molar-refractivity contribution in [2.75, 3.05) is 0 Å². The van der Waals surface area contributed by atoms with Crippen LogP contribution in [0.3, 0.4) is 0 Å². The third kappa shape index (κ3) is 1.42. The number of hydrogen-bond donors (Lipinski definition) is 0. The molecule has 0 radical (unpaired) electrons. The number of allylic oxidation sites excluding steroid dienone is 2. The highest BCUT2D eigenvalue weighted by molar-refractivity contribution is 5.27. The largest absolute Gasteiger partial charge is 0.0701 e. The first-order valence-electron chi connectivity index (χ1n) is 4.27. The summed E-state index contributed by atoms with van der Waals surface area (Å²) in [4.78, 5) is 0. The molecule has 0 N–H and O–H groups in total. The van der Waals surface area contributed by atoms with Gasteiger partial charge in [0, 0.05) is 0 Å². The molecule has 0 amide bonds. The molecule has 0 saturated heterocycles. The standard InChI is InChI=1S/C10H18/c1-5-10(3,4)8(2)9-6-7-9/h5-7H2,1-4H3. The van der Waals surface area contributed by atoms with Crippen molar-refractivity contribution in [2.45, 2.75) is 47.0 Å². The van der Waals surface area contributed by atoms with Crippen molar-refractivity contribution >= 4 is 0 Å². The molecule has 1 rings (SSSR count). The van der Waals surface area contributed by atoms with Crippen LogP contribution in [0.15, 0.2) is 11.1 Å². The van der Waals surface area contributed by atoms with E-state index in [4.69, 9.17) is 0 Å². The van der Waals surface area contributed by atoms with Crippen LogP contribution in [0.25, 0.3) is 0 Å². The molecule has 0 unspecified atom stereocenters. The van der Waals surface area contributed by atoms with Crippen LogP contribution in [0.4, 0.5) is 0 Å². The highest BCUT2D eigenvalue weighted by Gasteiger charge is 2.24. The van der Waals surface area contributed by atoms with E-state index in [0.29, 0.717) is 5.41 Å². The van der Waals surface area contributed by atoms with Crippen molar-refractivity contribution in [3.05, 3.63) is 11.1 Å². The molecule has 0 aromatic rings. The van der Waals surface area contributed by atoms with Crippen molar-refractivity contribution < 1.29 is 0 Å². The fourth-order valence-corrected chi connectivity index (χ4v) is 1.18. The molecule has 58 valence electrons. The Kier molecular flexibility index (Phi) is 1.89. The molecule has 1 aliphatic carbocycles. The normalized spacial score (nSPS) is 17.4. The van der Waals surface area contributed by atoms with Crippen molar-refractivity contribution in [3.63, 3.8) is 0 Å². The lowest BCUT2D eigenvalue weighted by atomic mass is 9.82. The molecular formula is C10H18. The topological polar surface area (TPSA) is 0 Å². The molecule has 1 aliphatic rings. The molecule has 0 aromatic carbocycles. The minimum atomic E-state index is 0.464. The third-order valence-electron chi connectivity index (χ3n) is 2.93. The van der Waals surface area contributed by atoms with Gasteiger partial charge < -0.3 is 0 Å². The van der Waals surface area contributed by atoms with Crippen LogP contribution in [0.1, 0.15) is 47.0 Å². The molecule has 10 heavy (non-hydrogen) atoms. The SMILES string of the molecule is CCC(C)(C)C(C)=C1CC1. The summed E-state index contributed by atoms with van der Waals surface area (Å²) in [7, 11) is 0. The first-order chi connectivity index (χ1) is 4.58. The van der Waals surface area contributed by atoms with Crippen LogP contribution < -0.4 is 0 Å². The van der Waals surface area contributed by atoms with Gasteiger partial charge in [0.15, 0.2) is 0 Å². The van der Waals surface area contributed by atoms with E-state index < -0.39 is 0 Å². The molecule has 1 fully saturated rings. The zero-order valence-electron chi connectivity index (χ0n) is 7.62. The first kappa shape index (κ1) is 7.84. The van der Waals surface area contributed by atoms with E-state index >= 15 is 0 Å². The van der Waals surface area contributed by atoms with Gasteiger partial charge in [0.1, 0.15) is 0 Å². The Morgan fingerprint density at radius 1 is 1.40 bits per heavy atom. The molecule has 0 spiro atoms. The van der Waals surface area contributed by atoms with Crippen LogP contribution in [0, 0.1) is 5.41 Å². The van der Waals surface area contributed by atoms with Crippen molar-refractivity contribution in [3.8, 4) is 0 Å². The van der Waals surface area contributed by atoms with Crippen molar-refractivity contribution in [1.29, 1.82) is 0 Å². The van der Waals surface area contributed by atoms with Gasteiger partial charge in [-0.2, -0.15) is 0 Å². The average Bonchev–Trinajstić information content (AvgIpc) is 2.68. The average molecular weight is 138 g/mol. The lowest BCUT2D eigenvalue weighted by molar-refractivity contribution is 0.428. The van der Waals surface area contributed by atoms with E-state index in [1.54, 1.807) is 11.1 Å². The monoisotopic (exact) mass is 138 g/mol. The Balaban J connectivity index is 2.72. The van der Waals surface area contributed by atoms with Crippen LogP contribution >= 0.6 is 0 Å². The first-order valence-corrected chi connectivity index (χ1v) is 4.27. The van der Waals surface area contributed by atoms with Gasteiger partial charge in [-0.05, 0) is 31.6 Å². The zero-order chi connectivity index (χ0) is 7.78. The fraction of sp³-hybridized carbons (Fsp3) is 0.800. The molecule has 0 heterocycles. The summed E-state index contributed by atoms with van der Waals surface area (Å²) in [5.74, 6) is 0. The van der Waals surface area contributed by atoms with Gasteiger partial charge in [-0.1, -0.05) is 31.9 Å². The zero-order valence-corrected chi connectivity index (χ0v) is 7.62. The molecule has 1 saturated carbocycles. The van der Waals surface area contributed by atoms with Gasteiger partial charge in [-0.15, -0.1) is 0 Å². The lowest BCUT2D eigenvalue weighted by Gasteiger charge is -2.23. The van der Waals surface area contributed by atoms with E-state index in [-0.39, 0.29) is 0 Å². The Hall–Kier alpha value is -0.260. The summed E-state index contributed by atoms with van der Waals surface area (Å²) < 4.78 is 0. The molecular weight excluding hydrogens is 120 g/mol. The third-order valence-corrected chi connectivity index (χ3v) is 2.93. The maximum Gasteiger partial charge on any atom is -0.0147 e. The molecule has 0 atom stereocenters. The summed E-state index contributed by atoms with van der Waals surface area (Å²) in [5, 5.41) is 0. The minimum Gasteiger partial charge on any atom is -0.0701 e. The van der Waals surface area contributed by atoms with Crippen LogP contribution in [0.5, 0.6) is 0 Å². The highest BCUT2D eigenvalue weighted by atomic mass is 14.3. The van der Waals surface area contributed by atoms with Gasteiger partial charge >= 0.3 is 0 Å². The fourth-order valence-electron chi connectivity index (χ4n) is 1.18. The molecule has 0 bridgehead atoms. The Bertz CT molecular complexity index is 155. The van der Waals surface area contributed by atoms with Crippen molar-refractivity contribution in [2.24, 2.45) is 5.41 Å². The van der Waals surface area contributed by atoms with Crippen LogP contribution in [-0.4, -0.2) is 0 Å². The Morgan fingerprint density at radius 2 is 1.90 bits per heavy atom. The predicted molar refractivity (Wildman–Crippen MR) is 46.0 cm³/mol. The second-order valence-corrected chi connectivity index (χ2v) is 3.97. The van der Waals surface area contributed by atoms with E-state index in [9.17, 15) is 0 Å². The predicted octanol–water partition coefficient (Wildman–Crippen LogP) is 3.53. The lowest BCUT2D eigenvalue weighted by Crippen LogP contribution is -2.10. The Morgan fingerprint density at radius 3 is 2.20 bits per heavy atom. The van der Waals surface area contributed by atoms with E-state index in [2.05, 4.69) is 27.7 Å².